The van der Waals surface area contributed by atoms with Crippen molar-refractivity contribution in [3.05, 3.63) is 82.2 Å². The van der Waals surface area contributed by atoms with Crippen LogP contribution in [0.5, 0.6) is 0 Å². The molecule has 0 saturated heterocycles. The van der Waals surface area contributed by atoms with Crippen molar-refractivity contribution in [3.63, 3.8) is 0 Å². The summed E-state index contributed by atoms with van der Waals surface area (Å²) in [6.45, 7) is 6.31. The van der Waals surface area contributed by atoms with E-state index >= 15 is 0 Å². The lowest BCUT2D eigenvalue weighted by atomic mass is 10.1. The van der Waals surface area contributed by atoms with E-state index in [1.165, 1.54) is 16.7 Å². The maximum atomic E-state index is 13.2. The Morgan fingerprint density at radius 2 is 1.89 bits per heavy atom. The van der Waals surface area contributed by atoms with Crippen LogP contribution in [-0.4, -0.2) is 15.9 Å². The number of nitrogens with one attached hydrogen (secondary N) is 1. The van der Waals surface area contributed by atoms with Crippen molar-refractivity contribution in [2.24, 2.45) is 0 Å². The van der Waals surface area contributed by atoms with Gasteiger partial charge in [-0.3, -0.25) is 5.32 Å². The van der Waals surface area contributed by atoms with Crippen molar-refractivity contribution in [1.29, 1.82) is 0 Å². The molecule has 4 rings (SSSR count). The Morgan fingerprint density at radius 3 is 2.61 bits per heavy atom. The minimum Gasteiger partial charge on any atom is -0.428 e. The molecule has 0 bridgehead atoms. The lowest BCUT2D eigenvalue weighted by Gasteiger charge is -2.29. The summed E-state index contributed by atoms with van der Waals surface area (Å²) in [5.74, 6) is 0.714. The van der Waals surface area contributed by atoms with E-state index in [-0.39, 0.29) is 18.1 Å². The van der Waals surface area contributed by atoms with Crippen molar-refractivity contribution < 1.29 is 9.21 Å². The van der Waals surface area contributed by atoms with Gasteiger partial charge in [0.1, 0.15) is 5.76 Å². The highest BCUT2D eigenvalue weighted by molar-refractivity contribution is 5.87. The van der Waals surface area contributed by atoms with Crippen LogP contribution in [-0.2, 0) is 13.0 Å². The van der Waals surface area contributed by atoms with Gasteiger partial charge in [-0.15, -0.1) is 0 Å². The number of carbonyl (C=O) groups is 1. The molecular weight excluding hydrogens is 350 g/mol. The summed E-state index contributed by atoms with van der Waals surface area (Å²) < 4.78 is 5.56. The van der Waals surface area contributed by atoms with E-state index in [9.17, 15) is 4.79 Å². The number of fused-ring (bicyclic) bond motifs is 1. The summed E-state index contributed by atoms with van der Waals surface area (Å²) in [5, 5.41) is 2.85. The molecule has 0 radical (unpaired) electrons. The fraction of sp³-hybridized carbons (Fsp3) is 0.304. The molecule has 0 saturated carbocycles. The predicted molar refractivity (Wildman–Crippen MR) is 109 cm³/mol. The third kappa shape index (κ3) is 3.65. The van der Waals surface area contributed by atoms with Crippen molar-refractivity contribution in [2.45, 2.75) is 46.2 Å². The Hall–Kier alpha value is -3.08. The number of urea groups is 1. The Labute approximate surface area is 165 Å². The summed E-state index contributed by atoms with van der Waals surface area (Å²) in [6, 6.07) is 16.8. The first-order valence-electron chi connectivity index (χ1n) is 9.66. The van der Waals surface area contributed by atoms with Gasteiger partial charge in [0, 0.05) is 6.54 Å². The van der Waals surface area contributed by atoms with E-state index in [1.807, 2.05) is 24.8 Å². The number of nitrogens with zero attached hydrogens (tertiary/aromatic N) is 2. The summed E-state index contributed by atoms with van der Waals surface area (Å²) in [4.78, 5) is 19.4. The normalized spacial score (nSPS) is 15.3. The second-order valence-electron chi connectivity index (χ2n) is 7.46. The van der Waals surface area contributed by atoms with Gasteiger partial charge in [0.25, 0.3) is 0 Å². The first-order chi connectivity index (χ1) is 13.5. The van der Waals surface area contributed by atoms with Crippen LogP contribution in [0.3, 0.4) is 0 Å². The van der Waals surface area contributed by atoms with E-state index in [2.05, 4.69) is 59.7 Å². The van der Waals surface area contributed by atoms with Gasteiger partial charge in [0.15, 0.2) is 0 Å². The van der Waals surface area contributed by atoms with Gasteiger partial charge >= 0.3 is 12.0 Å². The summed E-state index contributed by atoms with van der Waals surface area (Å²) in [5.41, 5.74) is 5.63. The minimum atomic E-state index is -0.191. The smallest absolute Gasteiger partial charge is 0.326 e. The Morgan fingerprint density at radius 1 is 1.14 bits per heavy atom. The van der Waals surface area contributed by atoms with Crippen LogP contribution in [0.2, 0.25) is 0 Å². The molecule has 2 aromatic carbocycles. The summed E-state index contributed by atoms with van der Waals surface area (Å²) in [6.07, 6.45) is 1.90. The molecule has 1 aliphatic rings. The molecule has 3 aromatic rings. The van der Waals surface area contributed by atoms with E-state index < -0.39 is 0 Å². The lowest BCUT2D eigenvalue weighted by Crippen LogP contribution is -2.37. The first-order valence-corrected chi connectivity index (χ1v) is 9.66. The molecule has 1 aromatic heterocycles. The molecule has 28 heavy (non-hydrogen) atoms. The van der Waals surface area contributed by atoms with Crippen molar-refractivity contribution in [3.8, 4) is 0 Å². The van der Waals surface area contributed by atoms with E-state index in [0.29, 0.717) is 12.3 Å². The van der Waals surface area contributed by atoms with Crippen LogP contribution in [0.1, 0.15) is 46.2 Å². The summed E-state index contributed by atoms with van der Waals surface area (Å²) in [7, 11) is 0. The Balaban J connectivity index is 1.63. The Kier molecular flexibility index (Phi) is 4.90. The average molecular weight is 375 g/mol. The maximum absolute atomic E-state index is 13.2. The van der Waals surface area contributed by atoms with Gasteiger partial charge in [-0.05, 0) is 50.3 Å². The number of rotatable bonds is 4. The molecule has 0 aliphatic heterocycles. The highest BCUT2D eigenvalue weighted by Gasteiger charge is 2.31. The van der Waals surface area contributed by atoms with Crippen LogP contribution in [0, 0.1) is 20.8 Å². The van der Waals surface area contributed by atoms with Crippen molar-refractivity contribution >= 4 is 12.0 Å². The van der Waals surface area contributed by atoms with Crippen molar-refractivity contribution in [2.75, 3.05) is 5.32 Å². The van der Waals surface area contributed by atoms with E-state index in [4.69, 9.17) is 4.42 Å². The second-order valence-corrected chi connectivity index (χ2v) is 7.46. The predicted octanol–water partition coefficient (Wildman–Crippen LogP) is 5.32. The third-order valence-corrected chi connectivity index (χ3v) is 5.45. The minimum absolute atomic E-state index is 0.0367. The monoisotopic (exact) mass is 375 g/mol. The lowest BCUT2D eigenvalue weighted by molar-refractivity contribution is 0.183. The number of benzene rings is 2. The molecule has 0 spiro atoms. The molecule has 2 amide bonds. The standard InChI is InChI=1S/C23H25N3O2/c1-15-8-10-18(11-9-15)14-26(21-13-12-19-6-4-5-7-20(19)21)23(27)25-22-24-16(2)17(3)28-22/h4-11,21H,12-14H2,1-3H3,(H,24,25,27)/t21-/m1/s1. The number of hydrogen-bond donors (Lipinski definition) is 1. The van der Waals surface area contributed by atoms with Crippen LogP contribution < -0.4 is 5.32 Å². The van der Waals surface area contributed by atoms with Gasteiger partial charge < -0.3 is 9.32 Å². The number of hydrogen-bond acceptors (Lipinski definition) is 3. The summed E-state index contributed by atoms with van der Waals surface area (Å²) >= 11 is 0. The zero-order valence-corrected chi connectivity index (χ0v) is 16.5. The highest BCUT2D eigenvalue weighted by atomic mass is 16.4. The van der Waals surface area contributed by atoms with Crippen molar-refractivity contribution in [1.82, 2.24) is 9.88 Å². The quantitative estimate of drug-likeness (QED) is 0.671. The molecule has 5 heteroatoms. The zero-order valence-electron chi connectivity index (χ0n) is 16.5. The SMILES string of the molecule is Cc1ccc(CN(C(=O)Nc2nc(C)c(C)o2)[C@@H]2CCc3ccccc32)cc1. The molecule has 144 valence electrons. The number of amides is 2. The third-order valence-electron chi connectivity index (χ3n) is 5.45. The van der Waals surface area contributed by atoms with Gasteiger partial charge in [0.05, 0.1) is 11.7 Å². The van der Waals surface area contributed by atoms with Crippen LogP contribution in [0.15, 0.2) is 52.9 Å². The molecule has 1 heterocycles. The molecule has 1 aliphatic carbocycles. The van der Waals surface area contributed by atoms with Gasteiger partial charge in [-0.2, -0.15) is 4.98 Å². The highest BCUT2D eigenvalue weighted by Crippen LogP contribution is 2.36. The van der Waals surface area contributed by atoms with E-state index in [1.54, 1.807) is 0 Å². The molecule has 1 atom stereocenters. The maximum Gasteiger partial charge on any atom is 0.326 e. The second kappa shape index (κ2) is 7.50. The number of anilines is 1. The van der Waals surface area contributed by atoms with Gasteiger partial charge in [0.2, 0.25) is 0 Å². The van der Waals surface area contributed by atoms with Crippen LogP contribution in [0.4, 0.5) is 10.8 Å². The average Bonchev–Trinajstić information content (AvgIpc) is 3.24. The Bertz CT molecular complexity index is 972. The van der Waals surface area contributed by atoms with Crippen LogP contribution in [0.25, 0.3) is 0 Å². The van der Waals surface area contributed by atoms with Crippen LogP contribution >= 0.6 is 0 Å². The zero-order chi connectivity index (χ0) is 19.7. The largest absolute Gasteiger partial charge is 0.428 e. The molecule has 0 fully saturated rings. The number of carbonyl (C=O) groups excluding carboxylic acids is 1. The topological polar surface area (TPSA) is 58.4 Å². The molecule has 5 nitrogen and oxygen atoms in total. The molecule has 1 N–H and O–H groups in total. The fourth-order valence-corrected chi connectivity index (χ4v) is 3.76. The fourth-order valence-electron chi connectivity index (χ4n) is 3.76. The number of aryl methyl sites for hydroxylation is 4. The molecule has 0 unspecified atom stereocenters. The number of aromatic nitrogens is 1. The van der Waals surface area contributed by atoms with Gasteiger partial charge in [-0.25, -0.2) is 4.79 Å². The van der Waals surface area contributed by atoms with E-state index in [0.717, 1.165) is 24.1 Å². The van der Waals surface area contributed by atoms with Gasteiger partial charge in [-0.1, -0.05) is 54.1 Å². The molecular formula is C23H25N3O2. The number of oxazole rings is 1. The first kappa shape index (κ1) is 18.3.